The van der Waals surface area contributed by atoms with Crippen molar-refractivity contribution in [2.45, 2.75) is 31.7 Å². The average Bonchev–Trinajstić information content (AvgIpc) is 2.86. The van der Waals surface area contributed by atoms with E-state index in [9.17, 15) is 9.59 Å². The molecule has 4 N–H and O–H groups in total. The summed E-state index contributed by atoms with van der Waals surface area (Å²) >= 11 is 1.53. The van der Waals surface area contributed by atoms with E-state index in [1.54, 1.807) is 6.20 Å². The Balaban J connectivity index is 2.30. The molecule has 1 amide bonds. The van der Waals surface area contributed by atoms with Crippen LogP contribution in [0.2, 0.25) is 0 Å². The quantitative estimate of drug-likeness (QED) is 0.672. The van der Waals surface area contributed by atoms with Crippen molar-refractivity contribution in [2.75, 3.05) is 6.54 Å². The fraction of sp³-hybridized carbons (Fsp3) is 0.545. The zero-order valence-corrected chi connectivity index (χ0v) is 10.9. The highest BCUT2D eigenvalue weighted by Gasteiger charge is 2.16. The van der Waals surface area contributed by atoms with Crippen LogP contribution in [0.1, 0.15) is 30.7 Å². The van der Waals surface area contributed by atoms with E-state index in [1.807, 2.05) is 12.3 Å². The van der Waals surface area contributed by atoms with Crippen LogP contribution in [0, 0.1) is 0 Å². The molecule has 2 unspecified atom stereocenters. The maximum Gasteiger partial charge on any atom is 0.303 e. The van der Waals surface area contributed by atoms with Gasteiger partial charge in [-0.05, 0) is 6.42 Å². The van der Waals surface area contributed by atoms with Gasteiger partial charge in [0.15, 0.2) is 0 Å². The Labute approximate surface area is 109 Å². The zero-order chi connectivity index (χ0) is 13.5. The summed E-state index contributed by atoms with van der Waals surface area (Å²) in [6, 6.07) is -0.774. The number of nitrogens with one attached hydrogen (secondary N) is 1. The van der Waals surface area contributed by atoms with Crippen molar-refractivity contribution in [1.82, 2.24) is 10.3 Å². The van der Waals surface area contributed by atoms with E-state index >= 15 is 0 Å². The molecule has 0 saturated heterocycles. The van der Waals surface area contributed by atoms with Crippen LogP contribution in [0.5, 0.6) is 0 Å². The Morgan fingerprint density at radius 1 is 1.61 bits per heavy atom. The summed E-state index contributed by atoms with van der Waals surface area (Å²) in [7, 11) is 0. The van der Waals surface area contributed by atoms with Crippen molar-refractivity contribution >= 4 is 23.2 Å². The van der Waals surface area contributed by atoms with Gasteiger partial charge in [0.25, 0.3) is 0 Å². The molecular formula is C11H17N3O3S. The van der Waals surface area contributed by atoms with Gasteiger partial charge >= 0.3 is 5.97 Å². The number of carboxylic acids is 1. The van der Waals surface area contributed by atoms with Crippen LogP contribution < -0.4 is 11.1 Å². The fourth-order valence-electron chi connectivity index (χ4n) is 1.36. The monoisotopic (exact) mass is 271 g/mol. The molecule has 7 heteroatoms. The summed E-state index contributed by atoms with van der Waals surface area (Å²) in [5.41, 5.74) is 5.58. The molecule has 0 aliphatic heterocycles. The highest BCUT2D eigenvalue weighted by molar-refractivity contribution is 7.09. The summed E-state index contributed by atoms with van der Waals surface area (Å²) in [6.07, 6.45) is 1.76. The minimum absolute atomic E-state index is 0.101. The van der Waals surface area contributed by atoms with E-state index in [2.05, 4.69) is 10.3 Å². The third kappa shape index (κ3) is 4.80. The fourth-order valence-corrected chi connectivity index (χ4v) is 2.06. The normalized spacial score (nSPS) is 13.9. The minimum Gasteiger partial charge on any atom is -0.481 e. The summed E-state index contributed by atoms with van der Waals surface area (Å²) in [5.74, 6) is -1.14. The molecule has 2 atom stereocenters. The Morgan fingerprint density at radius 2 is 2.33 bits per heavy atom. The first-order valence-electron chi connectivity index (χ1n) is 5.65. The molecule has 0 bridgehead atoms. The molecular weight excluding hydrogens is 254 g/mol. The molecule has 0 fully saturated rings. The first-order valence-corrected chi connectivity index (χ1v) is 6.53. The van der Waals surface area contributed by atoms with Gasteiger partial charge in [-0.1, -0.05) is 6.92 Å². The van der Waals surface area contributed by atoms with Crippen molar-refractivity contribution in [2.24, 2.45) is 5.73 Å². The number of carbonyl (C=O) groups is 2. The molecule has 0 spiro atoms. The highest BCUT2D eigenvalue weighted by Crippen LogP contribution is 2.16. The third-order valence-corrected chi connectivity index (χ3v) is 3.47. The number of hydrogen-bond donors (Lipinski definition) is 3. The van der Waals surface area contributed by atoms with Crippen molar-refractivity contribution in [3.05, 3.63) is 16.6 Å². The SMILES string of the molecule is CC(CNC(=O)C(N)CCC(=O)O)c1nccs1. The number of carboxylic acid groups (broad SMARTS) is 1. The number of hydrogen-bond acceptors (Lipinski definition) is 5. The van der Waals surface area contributed by atoms with Gasteiger partial charge in [0.1, 0.15) is 0 Å². The van der Waals surface area contributed by atoms with E-state index in [0.29, 0.717) is 6.54 Å². The van der Waals surface area contributed by atoms with Gasteiger partial charge in [0.05, 0.1) is 11.0 Å². The van der Waals surface area contributed by atoms with Crippen LogP contribution >= 0.6 is 11.3 Å². The van der Waals surface area contributed by atoms with E-state index in [1.165, 1.54) is 11.3 Å². The molecule has 0 aliphatic rings. The standard InChI is InChI=1S/C11H17N3O3S/c1-7(11-13-4-5-18-11)6-14-10(17)8(12)2-3-9(15)16/h4-5,7-8H,2-3,6,12H2,1H3,(H,14,17)(H,15,16). The second kappa shape index (κ2) is 7.07. The lowest BCUT2D eigenvalue weighted by atomic mass is 10.1. The molecule has 1 rings (SSSR count). The Morgan fingerprint density at radius 3 is 2.89 bits per heavy atom. The van der Waals surface area contributed by atoms with Crippen LogP contribution in [-0.4, -0.2) is 34.6 Å². The van der Waals surface area contributed by atoms with E-state index in [0.717, 1.165) is 5.01 Å². The average molecular weight is 271 g/mol. The smallest absolute Gasteiger partial charge is 0.303 e. The lowest BCUT2D eigenvalue weighted by Gasteiger charge is -2.13. The van der Waals surface area contributed by atoms with Crippen molar-refractivity contribution in [1.29, 1.82) is 0 Å². The predicted octanol–water partition coefficient (Wildman–Crippen LogP) is 0.555. The number of amides is 1. The van der Waals surface area contributed by atoms with Gasteiger partial charge in [-0.15, -0.1) is 11.3 Å². The molecule has 100 valence electrons. The summed E-state index contributed by atoms with van der Waals surface area (Å²) in [5, 5.41) is 14.0. The lowest BCUT2D eigenvalue weighted by Crippen LogP contribution is -2.42. The molecule has 0 aromatic carbocycles. The van der Waals surface area contributed by atoms with E-state index < -0.39 is 12.0 Å². The number of aromatic nitrogens is 1. The van der Waals surface area contributed by atoms with Crippen LogP contribution in [0.25, 0.3) is 0 Å². The molecule has 0 saturated carbocycles. The third-order valence-electron chi connectivity index (χ3n) is 2.46. The molecule has 0 radical (unpaired) electrons. The largest absolute Gasteiger partial charge is 0.481 e. The number of rotatable bonds is 7. The Hall–Kier alpha value is -1.47. The maximum absolute atomic E-state index is 11.6. The molecule has 6 nitrogen and oxygen atoms in total. The molecule has 0 aliphatic carbocycles. The van der Waals surface area contributed by atoms with Gasteiger partial charge in [0, 0.05) is 30.5 Å². The summed E-state index contributed by atoms with van der Waals surface area (Å²) in [6.45, 7) is 2.41. The van der Waals surface area contributed by atoms with Crippen molar-refractivity contribution < 1.29 is 14.7 Å². The first-order chi connectivity index (χ1) is 8.50. The first kappa shape index (κ1) is 14.6. The number of nitrogens with two attached hydrogens (primary N) is 1. The van der Waals surface area contributed by atoms with Crippen LogP contribution in [-0.2, 0) is 9.59 Å². The second-order valence-corrected chi connectivity index (χ2v) is 4.98. The lowest BCUT2D eigenvalue weighted by molar-refractivity contribution is -0.137. The molecule has 1 aromatic heterocycles. The number of aliphatic carboxylic acids is 1. The molecule has 18 heavy (non-hydrogen) atoms. The van der Waals surface area contributed by atoms with Gasteiger partial charge in [-0.2, -0.15) is 0 Å². The van der Waals surface area contributed by atoms with Crippen LogP contribution in [0.15, 0.2) is 11.6 Å². The minimum atomic E-state index is -0.950. The predicted molar refractivity (Wildman–Crippen MR) is 68.4 cm³/mol. The highest BCUT2D eigenvalue weighted by atomic mass is 32.1. The van der Waals surface area contributed by atoms with E-state index in [4.69, 9.17) is 10.8 Å². The second-order valence-electron chi connectivity index (χ2n) is 4.06. The maximum atomic E-state index is 11.6. The number of nitrogens with zero attached hydrogens (tertiary/aromatic N) is 1. The van der Waals surface area contributed by atoms with E-state index in [-0.39, 0.29) is 24.7 Å². The molecule has 1 aromatic rings. The number of carbonyl (C=O) groups excluding carboxylic acids is 1. The van der Waals surface area contributed by atoms with Crippen molar-refractivity contribution in [3.8, 4) is 0 Å². The van der Waals surface area contributed by atoms with Crippen molar-refractivity contribution in [3.63, 3.8) is 0 Å². The van der Waals surface area contributed by atoms with Gasteiger partial charge < -0.3 is 16.2 Å². The Kier molecular flexibility index (Phi) is 5.73. The zero-order valence-electron chi connectivity index (χ0n) is 10.1. The van der Waals surface area contributed by atoms with Gasteiger partial charge in [-0.3, -0.25) is 9.59 Å². The van der Waals surface area contributed by atoms with Gasteiger partial charge in [0.2, 0.25) is 5.91 Å². The molecule has 1 heterocycles. The topological polar surface area (TPSA) is 105 Å². The van der Waals surface area contributed by atoms with Crippen LogP contribution in [0.3, 0.4) is 0 Å². The van der Waals surface area contributed by atoms with Crippen LogP contribution in [0.4, 0.5) is 0 Å². The summed E-state index contributed by atoms with van der Waals surface area (Å²) in [4.78, 5) is 26.1. The summed E-state index contributed by atoms with van der Waals surface area (Å²) < 4.78 is 0. The number of thiazole rings is 1. The van der Waals surface area contributed by atoms with Gasteiger partial charge in [-0.25, -0.2) is 4.98 Å². The Bertz CT molecular complexity index is 394.